The normalized spacial score (nSPS) is 11.3. The maximum absolute atomic E-state index is 12.5. The topological polar surface area (TPSA) is 90.0 Å². The van der Waals surface area contributed by atoms with Gasteiger partial charge in [0.1, 0.15) is 12.7 Å². The van der Waals surface area contributed by atoms with E-state index in [1.165, 1.54) is 6.33 Å². The van der Waals surface area contributed by atoms with E-state index in [9.17, 15) is 4.79 Å². The zero-order valence-corrected chi connectivity index (χ0v) is 18.0. The fourth-order valence-electron chi connectivity index (χ4n) is 3.97. The molecule has 5 aromatic rings. The smallest absolute Gasteiger partial charge is 0.220 e. The molecule has 160 valence electrons. The van der Waals surface area contributed by atoms with Crippen molar-refractivity contribution in [2.75, 3.05) is 0 Å². The molecule has 32 heavy (non-hydrogen) atoms. The second-order valence-corrected chi connectivity index (χ2v) is 7.80. The van der Waals surface area contributed by atoms with Crippen LogP contribution in [0, 0.1) is 13.8 Å². The Labute approximate surface area is 184 Å². The number of aryl methyl sites for hydroxylation is 2. The van der Waals surface area contributed by atoms with Crippen LogP contribution in [0.1, 0.15) is 28.9 Å². The Kier molecular flexibility index (Phi) is 5.10. The monoisotopic (exact) mass is 425 g/mol. The lowest BCUT2D eigenvalue weighted by Crippen LogP contribution is -2.23. The van der Waals surface area contributed by atoms with Crippen molar-refractivity contribution >= 4 is 22.5 Å². The Hall–Kier alpha value is -4.07. The molecule has 8 nitrogen and oxygen atoms in total. The molecule has 0 aliphatic carbocycles. The van der Waals surface area contributed by atoms with Gasteiger partial charge in [0, 0.05) is 29.7 Å². The molecule has 8 heteroatoms. The lowest BCUT2D eigenvalue weighted by atomic mass is 10.1. The summed E-state index contributed by atoms with van der Waals surface area (Å²) in [6, 6.07) is 15.9. The van der Waals surface area contributed by atoms with Gasteiger partial charge in [-0.1, -0.05) is 24.3 Å². The Bertz CT molecular complexity index is 1400. The Morgan fingerprint density at radius 1 is 1.06 bits per heavy atom. The van der Waals surface area contributed by atoms with Gasteiger partial charge in [-0.15, -0.1) is 0 Å². The minimum absolute atomic E-state index is 0.00914. The van der Waals surface area contributed by atoms with Crippen molar-refractivity contribution in [1.29, 1.82) is 0 Å². The number of hydrogen-bond acceptors (Lipinski definition) is 5. The van der Waals surface area contributed by atoms with Gasteiger partial charge in [-0.3, -0.25) is 4.79 Å². The van der Waals surface area contributed by atoms with Crippen molar-refractivity contribution < 1.29 is 4.79 Å². The number of amides is 1. The van der Waals surface area contributed by atoms with E-state index in [0.717, 1.165) is 44.8 Å². The highest BCUT2D eigenvalue weighted by molar-refractivity contribution is 5.92. The molecule has 3 heterocycles. The van der Waals surface area contributed by atoms with Crippen LogP contribution in [0.25, 0.3) is 22.2 Å². The van der Waals surface area contributed by atoms with Gasteiger partial charge >= 0.3 is 0 Å². The maximum Gasteiger partial charge on any atom is 0.220 e. The number of carbonyl (C=O) groups excluding carboxylic acids is 1. The molecular weight excluding hydrogens is 402 g/mol. The highest BCUT2D eigenvalue weighted by atomic mass is 16.1. The van der Waals surface area contributed by atoms with E-state index >= 15 is 0 Å². The Balaban J connectivity index is 1.24. The number of carbonyl (C=O) groups is 1. The zero-order chi connectivity index (χ0) is 22.1. The second kappa shape index (κ2) is 8.22. The lowest BCUT2D eigenvalue weighted by Gasteiger charge is -2.11. The molecule has 0 bridgehead atoms. The molecule has 0 aliphatic heterocycles. The van der Waals surface area contributed by atoms with E-state index in [2.05, 4.69) is 20.5 Å². The molecule has 0 saturated carbocycles. The average Bonchev–Trinajstić information content (AvgIpc) is 3.47. The van der Waals surface area contributed by atoms with E-state index < -0.39 is 0 Å². The first-order valence-corrected chi connectivity index (χ1v) is 10.5. The third-order valence-corrected chi connectivity index (χ3v) is 5.73. The fourth-order valence-corrected chi connectivity index (χ4v) is 3.97. The number of aromatic nitrogens is 6. The maximum atomic E-state index is 12.5. The number of rotatable bonds is 6. The molecule has 0 saturated heterocycles. The summed E-state index contributed by atoms with van der Waals surface area (Å²) >= 11 is 0. The molecule has 0 spiro atoms. The van der Waals surface area contributed by atoms with Gasteiger partial charge in [-0.05, 0) is 55.7 Å². The molecular formula is C24H23N7O. The predicted octanol–water partition coefficient (Wildman–Crippen LogP) is 3.33. The summed E-state index contributed by atoms with van der Waals surface area (Å²) in [5, 5.41) is 12.8. The molecule has 0 fully saturated rings. The summed E-state index contributed by atoms with van der Waals surface area (Å²) in [6.07, 6.45) is 4.17. The van der Waals surface area contributed by atoms with E-state index in [4.69, 9.17) is 4.98 Å². The van der Waals surface area contributed by atoms with Crippen LogP contribution in [0.4, 0.5) is 0 Å². The van der Waals surface area contributed by atoms with Crippen LogP contribution < -0.4 is 5.32 Å². The molecule has 0 unspecified atom stereocenters. The summed E-state index contributed by atoms with van der Waals surface area (Å²) in [7, 11) is 0. The molecule has 3 aromatic heterocycles. The number of benzene rings is 2. The van der Waals surface area contributed by atoms with Crippen molar-refractivity contribution in [1.82, 2.24) is 34.7 Å². The van der Waals surface area contributed by atoms with Gasteiger partial charge < -0.3 is 5.32 Å². The van der Waals surface area contributed by atoms with E-state index in [1.54, 1.807) is 11.0 Å². The summed E-state index contributed by atoms with van der Waals surface area (Å²) in [5.41, 5.74) is 6.78. The third-order valence-electron chi connectivity index (χ3n) is 5.73. The van der Waals surface area contributed by atoms with Crippen LogP contribution in [-0.2, 0) is 17.8 Å². The molecule has 0 atom stereocenters. The molecule has 1 N–H and O–H groups in total. The number of nitrogens with zero attached hydrogens (tertiary/aromatic N) is 6. The fraction of sp³-hybridized carbons (Fsp3) is 0.208. The summed E-state index contributed by atoms with van der Waals surface area (Å²) < 4.78 is 3.59. The van der Waals surface area contributed by atoms with Crippen molar-refractivity contribution in [3.05, 3.63) is 83.7 Å². The van der Waals surface area contributed by atoms with E-state index in [0.29, 0.717) is 19.4 Å². The number of nitrogens with one attached hydrogen (secondary N) is 1. The number of fused-ring (bicyclic) bond motifs is 3. The third kappa shape index (κ3) is 3.71. The molecule has 0 aliphatic rings. The Morgan fingerprint density at radius 2 is 1.88 bits per heavy atom. The summed E-state index contributed by atoms with van der Waals surface area (Å²) in [6.45, 7) is 4.52. The van der Waals surface area contributed by atoms with Crippen molar-refractivity contribution in [3.63, 3.8) is 0 Å². The summed E-state index contributed by atoms with van der Waals surface area (Å²) in [4.78, 5) is 21.2. The first-order chi connectivity index (χ1) is 15.6. The molecule has 2 aromatic carbocycles. The lowest BCUT2D eigenvalue weighted by molar-refractivity contribution is -0.121. The number of hydrogen-bond donors (Lipinski definition) is 1. The van der Waals surface area contributed by atoms with Gasteiger partial charge in [0.25, 0.3) is 0 Å². The standard InChI is InChI=1S/C24H23N7O/c1-16-20(17(2)31-24(28-16)21-5-3-4-6-22(21)29-31)11-12-23(32)26-13-18-7-9-19(10-8-18)30-15-25-14-27-30/h3-10,14-15H,11-13H2,1-2H3,(H,26,32). The second-order valence-electron chi connectivity index (χ2n) is 7.80. The highest BCUT2D eigenvalue weighted by Crippen LogP contribution is 2.23. The van der Waals surface area contributed by atoms with Gasteiger partial charge in [0.15, 0.2) is 5.65 Å². The average molecular weight is 425 g/mol. The van der Waals surface area contributed by atoms with Crippen molar-refractivity contribution in [3.8, 4) is 5.69 Å². The highest BCUT2D eigenvalue weighted by Gasteiger charge is 2.15. The van der Waals surface area contributed by atoms with Crippen LogP contribution in [0.5, 0.6) is 0 Å². The largest absolute Gasteiger partial charge is 0.352 e. The van der Waals surface area contributed by atoms with Crippen molar-refractivity contribution in [2.24, 2.45) is 0 Å². The zero-order valence-electron chi connectivity index (χ0n) is 18.0. The molecule has 0 radical (unpaired) electrons. The van der Waals surface area contributed by atoms with Crippen LogP contribution in [0.2, 0.25) is 0 Å². The van der Waals surface area contributed by atoms with Gasteiger partial charge in [-0.25, -0.2) is 19.2 Å². The predicted molar refractivity (Wildman–Crippen MR) is 121 cm³/mol. The van der Waals surface area contributed by atoms with Gasteiger partial charge in [0.2, 0.25) is 5.91 Å². The minimum atomic E-state index is 0.00914. The minimum Gasteiger partial charge on any atom is -0.352 e. The van der Waals surface area contributed by atoms with E-state index in [-0.39, 0.29) is 5.91 Å². The molecule has 1 amide bonds. The van der Waals surface area contributed by atoms with E-state index in [1.807, 2.05) is 66.9 Å². The first kappa shape index (κ1) is 19.9. The van der Waals surface area contributed by atoms with Crippen molar-refractivity contribution in [2.45, 2.75) is 33.2 Å². The van der Waals surface area contributed by atoms with Crippen LogP contribution in [0.3, 0.4) is 0 Å². The van der Waals surface area contributed by atoms with Crippen LogP contribution >= 0.6 is 0 Å². The quantitative estimate of drug-likeness (QED) is 0.451. The van der Waals surface area contributed by atoms with Gasteiger partial charge in [0.05, 0.1) is 11.2 Å². The van der Waals surface area contributed by atoms with Crippen LogP contribution in [0.15, 0.2) is 61.2 Å². The molecule has 5 rings (SSSR count). The Morgan fingerprint density at radius 3 is 2.66 bits per heavy atom. The summed E-state index contributed by atoms with van der Waals surface area (Å²) in [5.74, 6) is 0.00914. The van der Waals surface area contributed by atoms with Crippen LogP contribution in [-0.4, -0.2) is 35.3 Å². The SMILES string of the molecule is Cc1nc2c3ccccc3nn2c(C)c1CCC(=O)NCc1ccc(-n2cncn2)cc1. The first-order valence-electron chi connectivity index (χ1n) is 10.5. The van der Waals surface area contributed by atoms with Gasteiger partial charge in [-0.2, -0.15) is 10.2 Å².